The Morgan fingerprint density at radius 3 is 2.29 bits per heavy atom. The molecule has 2 aliphatic rings. The Balaban J connectivity index is 1.66. The van der Waals surface area contributed by atoms with Crippen LogP contribution in [0.15, 0.2) is 24.3 Å². The second kappa shape index (κ2) is 5.71. The van der Waals surface area contributed by atoms with Crippen LogP contribution in [0.3, 0.4) is 0 Å². The minimum atomic E-state index is -3.09. The normalized spacial score (nSPS) is 22.1. The molecule has 0 spiro atoms. The van der Waals surface area contributed by atoms with E-state index < -0.39 is 14.6 Å². The molecule has 1 aliphatic carbocycles. The standard InChI is InChI=1S/C16H23NO3S/c1-21(18,19)16(6-8-20-9-7-16)12-17-15-10-13-4-2-3-5-14(13)11-15/h2-5,15,17H,6-12H2,1H3. The van der Waals surface area contributed by atoms with E-state index in [0.29, 0.717) is 38.6 Å². The molecule has 0 aromatic heterocycles. The number of fused-ring (bicyclic) bond motifs is 1. The van der Waals surface area contributed by atoms with Gasteiger partial charge in [0.25, 0.3) is 0 Å². The number of benzene rings is 1. The highest BCUT2D eigenvalue weighted by atomic mass is 32.2. The summed E-state index contributed by atoms with van der Waals surface area (Å²) < 4.78 is 29.2. The first-order valence-electron chi connectivity index (χ1n) is 7.58. The predicted octanol–water partition coefficient (Wildman–Crippen LogP) is 1.34. The summed E-state index contributed by atoms with van der Waals surface area (Å²) in [6.07, 6.45) is 4.54. The Hall–Kier alpha value is -0.910. The van der Waals surface area contributed by atoms with E-state index in [2.05, 4.69) is 29.6 Å². The molecule has 1 saturated heterocycles. The van der Waals surface area contributed by atoms with Crippen LogP contribution in [0.4, 0.5) is 0 Å². The molecule has 0 radical (unpaired) electrons. The van der Waals surface area contributed by atoms with Gasteiger partial charge in [-0.1, -0.05) is 24.3 Å². The van der Waals surface area contributed by atoms with E-state index in [0.717, 1.165) is 12.8 Å². The molecule has 5 heteroatoms. The molecule has 1 N–H and O–H groups in total. The van der Waals surface area contributed by atoms with E-state index in [1.807, 2.05) is 0 Å². The third-order valence-electron chi connectivity index (χ3n) is 4.95. The zero-order valence-corrected chi connectivity index (χ0v) is 13.3. The Kier molecular flexibility index (Phi) is 4.08. The Labute approximate surface area is 126 Å². The summed E-state index contributed by atoms with van der Waals surface area (Å²) in [6, 6.07) is 8.81. The molecule has 1 aromatic rings. The number of nitrogens with one attached hydrogen (secondary N) is 1. The van der Waals surface area contributed by atoms with Crippen LogP contribution in [-0.4, -0.2) is 45.2 Å². The van der Waals surface area contributed by atoms with Gasteiger partial charge in [0, 0.05) is 32.1 Å². The number of hydrogen-bond acceptors (Lipinski definition) is 4. The largest absolute Gasteiger partial charge is 0.381 e. The highest BCUT2D eigenvalue weighted by Crippen LogP contribution is 2.29. The van der Waals surface area contributed by atoms with E-state index in [4.69, 9.17) is 4.74 Å². The van der Waals surface area contributed by atoms with Crippen LogP contribution in [0.2, 0.25) is 0 Å². The number of rotatable bonds is 4. The maximum Gasteiger partial charge on any atom is 0.154 e. The third kappa shape index (κ3) is 3.00. The maximum atomic E-state index is 12.2. The molecule has 3 rings (SSSR count). The molecule has 4 nitrogen and oxygen atoms in total. The summed E-state index contributed by atoms with van der Waals surface area (Å²) in [5, 5.41) is 3.51. The van der Waals surface area contributed by atoms with Crippen molar-refractivity contribution in [2.24, 2.45) is 0 Å². The lowest BCUT2D eigenvalue weighted by Gasteiger charge is -2.36. The molecule has 1 fully saturated rings. The summed E-state index contributed by atoms with van der Waals surface area (Å²) in [4.78, 5) is 0. The monoisotopic (exact) mass is 309 g/mol. The average Bonchev–Trinajstić information content (AvgIpc) is 2.88. The highest BCUT2D eigenvalue weighted by molar-refractivity contribution is 7.92. The highest BCUT2D eigenvalue weighted by Gasteiger charge is 2.42. The lowest BCUT2D eigenvalue weighted by molar-refractivity contribution is 0.0738. The van der Waals surface area contributed by atoms with Gasteiger partial charge in [-0.05, 0) is 36.8 Å². The molecular weight excluding hydrogens is 286 g/mol. The smallest absolute Gasteiger partial charge is 0.154 e. The zero-order valence-electron chi connectivity index (χ0n) is 12.5. The summed E-state index contributed by atoms with van der Waals surface area (Å²) in [5.41, 5.74) is 2.77. The van der Waals surface area contributed by atoms with Gasteiger partial charge in [0.05, 0.1) is 4.75 Å². The van der Waals surface area contributed by atoms with Crippen LogP contribution >= 0.6 is 0 Å². The Morgan fingerprint density at radius 1 is 1.19 bits per heavy atom. The molecular formula is C16H23NO3S. The van der Waals surface area contributed by atoms with Crippen molar-refractivity contribution in [3.8, 4) is 0 Å². The average molecular weight is 309 g/mol. The molecule has 0 saturated carbocycles. The first-order chi connectivity index (χ1) is 10.0. The van der Waals surface area contributed by atoms with Gasteiger partial charge in [0.2, 0.25) is 0 Å². The van der Waals surface area contributed by atoms with Crippen molar-refractivity contribution in [2.45, 2.75) is 36.5 Å². The van der Waals surface area contributed by atoms with Crippen LogP contribution in [0.5, 0.6) is 0 Å². The predicted molar refractivity (Wildman–Crippen MR) is 83.3 cm³/mol. The van der Waals surface area contributed by atoms with Crippen molar-refractivity contribution < 1.29 is 13.2 Å². The maximum absolute atomic E-state index is 12.2. The molecule has 116 valence electrons. The number of hydrogen-bond donors (Lipinski definition) is 1. The van der Waals surface area contributed by atoms with E-state index in [1.54, 1.807) is 0 Å². The lowest BCUT2D eigenvalue weighted by Crippen LogP contribution is -2.52. The molecule has 0 bridgehead atoms. The number of sulfone groups is 1. The SMILES string of the molecule is CS(=O)(=O)C1(CNC2Cc3ccccc3C2)CCOCC1. The van der Waals surface area contributed by atoms with Gasteiger partial charge in [-0.3, -0.25) is 0 Å². The topological polar surface area (TPSA) is 55.4 Å². The molecule has 0 amide bonds. The van der Waals surface area contributed by atoms with Gasteiger partial charge in [-0.15, -0.1) is 0 Å². The van der Waals surface area contributed by atoms with E-state index in [-0.39, 0.29) is 0 Å². The first-order valence-corrected chi connectivity index (χ1v) is 9.47. The molecule has 1 aromatic carbocycles. The Morgan fingerprint density at radius 2 is 1.76 bits per heavy atom. The fourth-order valence-electron chi connectivity index (χ4n) is 3.46. The van der Waals surface area contributed by atoms with Gasteiger partial charge in [-0.25, -0.2) is 8.42 Å². The molecule has 1 aliphatic heterocycles. The van der Waals surface area contributed by atoms with Gasteiger partial charge >= 0.3 is 0 Å². The molecule has 0 unspecified atom stereocenters. The van der Waals surface area contributed by atoms with E-state index >= 15 is 0 Å². The van der Waals surface area contributed by atoms with Crippen LogP contribution in [0, 0.1) is 0 Å². The first kappa shape index (κ1) is 15.0. The fourth-order valence-corrected chi connectivity index (χ4v) is 4.71. The molecule has 1 heterocycles. The van der Waals surface area contributed by atoms with Crippen molar-refractivity contribution in [3.63, 3.8) is 0 Å². The summed E-state index contributed by atoms with van der Waals surface area (Å²) in [7, 11) is -3.09. The van der Waals surface area contributed by atoms with Crippen molar-refractivity contribution >= 4 is 9.84 Å². The fraction of sp³-hybridized carbons (Fsp3) is 0.625. The van der Waals surface area contributed by atoms with Crippen LogP contribution in [-0.2, 0) is 27.4 Å². The third-order valence-corrected chi connectivity index (χ3v) is 7.08. The second-order valence-electron chi connectivity index (χ2n) is 6.32. The second-order valence-corrected chi connectivity index (χ2v) is 8.73. The van der Waals surface area contributed by atoms with Crippen molar-refractivity contribution in [1.82, 2.24) is 5.32 Å². The van der Waals surface area contributed by atoms with Crippen LogP contribution in [0.25, 0.3) is 0 Å². The van der Waals surface area contributed by atoms with Crippen LogP contribution < -0.4 is 5.32 Å². The minimum absolute atomic E-state index is 0.351. The summed E-state index contributed by atoms with van der Waals surface area (Å²) in [5.74, 6) is 0. The van der Waals surface area contributed by atoms with Crippen molar-refractivity contribution in [3.05, 3.63) is 35.4 Å². The minimum Gasteiger partial charge on any atom is -0.381 e. The van der Waals surface area contributed by atoms with Gasteiger partial charge in [-0.2, -0.15) is 0 Å². The molecule has 0 atom stereocenters. The van der Waals surface area contributed by atoms with E-state index in [9.17, 15) is 8.42 Å². The lowest BCUT2D eigenvalue weighted by atomic mass is 9.98. The van der Waals surface area contributed by atoms with Crippen molar-refractivity contribution in [1.29, 1.82) is 0 Å². The van der Waals surface area contributed by atoms with Gasteiger partial charge in [0.15, 0.2) is 9.84 Å². The van der Waals surface area contributed by atoms with E-state index in [1.165, 1.54) is 17.4 Å². The van der Waals surface area contributed by atoms with Gasteiger partial charge < -0.3 is 10.1 Å². The summed E-state index contributed by atoms with van der Waals surface area (Å²) in [6.45, 7) is 1.62. The summed E-state index contributed by atoms with van der Waals surface area (Å²) >= 11 is 0. The quantitative estimate of drug-likeness (QED) is 0.912. The zero-order chi connectivity index (χ0) is 14.9. The number of ether oxygens (including phenoxy) is 1. The van der Waals surface area contributed by atoms with Crippen molar-refractivity contribution in [2.75, 3.05) is 26.0 Å². The Bertz CT molecular complexity index is 581. The van der Waals surface area contributed by atoms with Crippen LogP contribution in [0.1, 0.15) is 24.0 Å². The van der Waals surface area contributed by atoms with Gasteiger partial charge in [0.1, 0.15) is 0 Å². The molecule has 21 heavy (non-hydrogen) atoms.